The molecule has 2 rings (SSSR count). The fourth-order valence-electron chi connectivity index (χ4n) is 1.79. The van der Waals surface area contributed by atoms with Crippen molar-refractivity contribution in [3.8, 4) is 22.8 Å². The van der Waals surface area contributed by atoms with E-state index in [2.05, 4.69) is 5.32 Å². The Labute approximate surface area is 107 Å². The summed E-state index contributed by atoms with van der Waals surface area (Å²) in [5, 5.41) is 3.05. The lowest BCUT2D eigenvalue weighted by Crippen LogP contribution is -2.03. The smallest absolute Gasteiger partial charge is 0.138 e. The van der Waals surface area contributed by atoms with Gasteiger partial charge in [-0.05, 0) is 31.3 Å². The van der Waals surface area contributed by atoms with E-state index in [1.54, 1.807) is 14.2 Å². The van der Waals surface area contributed by atoms with Gasteiger partial charge >= 0.3 is 0 Å². The summed E-state index contributed by atoms with van der Waals surface area (Å²) in [4.78, 5) is 0. The van der Waals surface area contributed by atoms with Crippen molar-refractivity contribution in [1.29, 1.82) is 0 Å². The van der Waals surface area contributed by atoms with Gasteiger partial charge in [-0.2, -0.15) is 0 Å². The molecule has 0 radical (unpaired) electrons. The zero-order valence-electron chi connectivity index (χ0n) is 10.8. The van der Waals surface area contributed by atoms with Crippen molar-refractivity contribution >= 4 is 0 Å². The summed E-state index contributed by atoms with van der Waals surface area (Å²) >= 11 is 0. The third kappa shape index (κ3) is 2.49. The number of furan rings is 1. The number of rotatable bonds is 5. The lowest BCUT2D eigenvalue weighted by Gasteiger charge is -2.08. The van der Waals surface area contributed by atoms with E-state index in [0.29, 0.717) is 6.54 Å². The molecule has 1 aromatic heterocycles. The fraction of sp³-hybridized carbons (Fsp3) is 0.286. The molecule has 18 heavy (non-hydrogen) atoms. The molecule has 0 atom stereocenters. The standard InChI is InChI=1S/C14H17NO3/c1-15-9-11-5-7-13(18-11)12-6-4-10(16-2)8-14(12)17-3/h4-8,15H,9H2,1-3H3. The van der Waals surface area contributed by atoms with Crippen LogP contribution in [0.15, 0.2) is 34.7 Å². The highest BCUT2D eigenvalue weighted by molar-refractivity contribution is 5.67. The Morgan fingerprint density at radius 2 is 1.94 bits per heavy atom. The van der Waals surface area contributed by atoms with E-state index in [0.717, 1.165) is 28.6 Å². The van der Waals surface area contributed by atoms with Gasteiger partial charge in [-0.25, -0.2) is 0 Å². The van der Waals surface area contributed by atoms with Crippen LogP contribution in [0.25, 0.3) is 11.3 Å². The fourth-order valence-corrected chi connectivity index (χ4v) is 1.79. The first-order valence-corrected chi connectivity index (χ1v) is 5.74. The van der Waals surface area contributed by atoms with Gasteiger partial charge in [0.1, 0.15) is 23.0 Å². The zero-order valence-corrected chi connectivity index (χ0v) is 10.8. The van der Waals surface area contributed by atoms with E-state index in [1.807, 2.05) is 37.4 Å². The zero-order chi connectivity index (χ0) is 13.0. The minimum Gasteiger partial charge on any atom is -0.497 e. The first-order valence-electron chi connectivity index (χ1n) is 5.74. The van der Waals surface area contributed by atoms with Crippen LogP contribution in [0.3, 0.4) is 0 Å². The van der Waals surface area contributed by atoms with Gasteiger partial charge in [-0.1, -0.05) is 0 Å². The summed E-state index contributed by atoms with van der Waals surface area (Å²) in [5.74, 6) is 3.18. The molecule has 0 aliphatic heterocycles. The van der Waals surface area contributed by atoms with Gasteiger partial charge in [0.15, 0.2) is 0 Å². The van der Waals surface area contributed by atoms with Gasteiger partial charge < -0.3 is 19.2 Å². The van der Waals surface area contributed by atoms with Crippen LogP contribution in [0.4, 0.5) is 0 Å². The molecule has 0 saturated heterocycles. The highest BCUT2D eigenvalue weighted by atomic mass is 16.5. The summed E-state index contributed by atoms with van der Waals surface area (Å²) in [6.45, 7) is 0.707. The molecule has 0 aliphatic carbocycles. The number of ether oxygens (including phenoxy) is 2. The highest BCUT2D eigenvalue weighted by Crippen LogP contribution is 2.34. The Bertz CT molecular complexity index is 520. The quantitative estimate of drug-likeness (QED) is 0.882. The minimum absolute atomic E-state index is 0.707. The van der Waals surface area contributed by atoms with Crippen LogP contribution in [-0.4, -0.2) is 21.3 Å². The molecule has 1 heterocycles. The van der Waals surface area contributed by atoms with Gasteiger partial charge in [0.2, 0.25) is 0 Å². The molecule has 0 unspecified atom stereocenters. The van der Waals surface area contributed by atoms with E-state index in [4.69, 9.17) is 13.9 Å². The third-order valence-electron chi connectivity index (χ3n) is 2.69. The summed E-state index contributed by atoms with van der Waals surface area (Å²) in [6.07, 6.45) is 0. The Balaban J connectivity index is 2.36. The maximum Gasteiger partial charge on any atom is 0.138 e. The largest absolute Gasteiger partial charge is 0.497 e. The third-order valence-corrected chi connectivity index (χ3v) is 2.69. The summed E-state index contributed by atoms with van der Waals surface area (Å²) in [7, 11) is 5.15. The molecule has 0 bridgehead atoms. The molecule has 1 N–H and O–H groups in total. The van der Waals surface area contributed by atoms with Crippen LogP contribution in [0.2, 0.25) is 0 Å². The van der Waals surface area contributed by atoms with E-state index in [1.165, 1.54) is 0 Å². The minimum atomic E-state index is 0.707. The normalized spacial score (nSPS) is 10.4. The molecule has 4 heteroatoms. The first kappa shape index (κ1) is 12.5. The molecule has 0 spiro atoms. The summed E-state index contributed by atoms with van der Waals surface area (Å²) < 4.78 is 16.3. The van der Waals surface area contributed by atoms with Crippen molar-refractivity contribution in [1.82, 2.24) is 5.32 Å². The summed E-state index contributed by atoms with van der Waals surface area (Å²) in [6, 6.07) is 9.56. The SMILES string of the molecule is CNCc1ccc(-c2ccc(OC)cc2OC)o1. The average molecular weight is 247 g/mol. The van der Waals surface area contributed by atoms with Crippen LogP contribution < -0.4 is 14.8 Å². The van der Waals surface area contributed by atoms with Crippen molar-refractivity contribution in [2.45, 2.75) is 6.54 Å². The molecule has 1 aromatic carbocycles. The van der Waals surface area contributed by atoms with Gasteiger partial charge in [0.25, 0.3) is 0 Å². The monoisotopic (exact) mass is 247 g/mol. The van der Waals surface area contributed by atoms with Crippen molar-refractivity contribution in [2.24, 2.45) is 0 Å². The number of methoxy groups -OCH3 is 2. The molecule has 0 saturated carbocycles. The lowest BCUT2D eigenvalue weighted by atomic mass is 10.1. The van der Waals surface area contributed by atoms with Gasteiger partial charge in [-0.3, -0.25) is 0 Å². The van der Waals surface area contributed by atoms with Gasteiger partial charge in [-0.15, -0.1) is 0 Å². The van der Waals surface area contributed by atoms with Crippen molar-refractivity contribution in [3.63, 3.8) is 0 Å². The van der Waals surface area contributed by atoms with Crippen LogP contribution >= 0.6 is 0 Å². The average Bonchev–Trinajstić information content (AvgIpc) is 2.87. The van der Waals surface area contributed by atoms with Gasteiger partial charge in [0.05, 0.1) is 26.3 Å². The van der Waals surface area contributed by atoms with E-state index in [-0.39, 0.29) is 0 Å². The lowest BCUT2D eigenvalue weighted by molar-refractivity contribution is 0.394. The Morgan fingerprint density at radius 1 is 1.11 bits per heavy atom. The molecule has 0 aliphatic rings. The second-order valence-electron chi connectivity index (χ2n) is 3.86. The maximum atomic E-state index is 5.74. The van der Waals surface area contributed by atoms with Crippen LogP contribution in [0.5, 0.6) is 11.5 Å². The molecule has 0 amide bonds. The molecule has 2 aromatic rings. The van der Waals surface area contributed by atoms with E-state index >= 15 is 0 Å². The number of hydrogen-bond donors (Lipinski definition) is 1. The Morgan fingerprint density at radius 3 is 2.61 bits per heavy atom. The molecule has 4 nitrogen and oxygen atoms in total. The predicted octanol–water partition coefficient (Wildman–Crippen LogP) is 2.68. The summed E-state index contributed by atoms with van der Waals surface area (Å²) in [5.41, 5.74) is 0.917. The van der Waals surface area contributed by atoms with E-state index < -0.39 is 0 Å². The predicted molar refractivity (Wildman–Crippen MR) is 70.0 cm³/mol. The van der Waals surface area contributed by atoms with Crippen LogP contribution in [0.1, 0.15) is 5.76 Å². The molecule has 0 fully saturated rings. The second kappa shape index (κ2) is 5.60. The number of nitrogens with one attached hydrogen (secondary N) is 1. The topological polar surface area (TPSA) is 43.6 Å². The number of hydrogen-bond acceptors (Lipinski definition) is 4. The van der Waals surface area contributed by atoms with Crippen LogP contribution in [0, 0.1) is 0 Å². The first-order chi connectivity index (χ1) is 8.78. The van der Waals surface area contributed by atoms with Crippen molar-refractivity contribution < 1.29 is 13.9 Å². The van der Waals surface area contributed by atoms with E-state index in [9.17, 15) is 0 Å². The number of benzene rings is 1. The second-order valence-corrected chi connectivity index (χ2v) is 3.86. The Hall–Kier alpha value is -1.94. The van der Waals surface area contributed by atoms with Crippen LogP contribution in [-0.2, 0) is 6.54 Å². The Kier molecular flexibility index (Phi) is 3.89. The molecular formula is C14H17NO3. The van der Waals surface area contributed by atoms with Crippen molar-refractivity contribution in [3.05, 3.63) is 36.1 Å². The molecular weight excluding hydrogens is 230 g/mol. The maximum absolute atomic E-state index is 5.74. The molecule has 96 valence electrons. The van der Waals surface area contributed by atoms with Crippen molar-refractivity contribution in [2.75, 3.05) is 21.3 Å². The van der Waals surface area contributed by atoms with Gasteiger partial charge in [0, 0.05) is 6.07 Å². The highest BCUT2D eigenvalue weighted by Gasteiger charge is 2.11.